The number of anilines is 1. The Morgan fingerprint density at radius 2 is 1.47 bits per heavy atom. The van der Waals surface area contributed by atoms with Crippen molar-refractivity contribution >= 4 is 17.5 Å². The van der Waals surface area contributed by atoms with Gasteiger partial charge in [-0.3, -0.25) is 9.59 Å². The summed E-state index contributed by atoms with van der Waals surface area (Å²) in [6, 6.07) is 11.0. The van der Waals surface area contributed by atoms with Crippen LogP contribution >= 0.6 is 0 Å². The summed E-state index contributed by atoms with van der Waals surface area (Å²) in [4.78, 5) is 23.3. The quantitative estimate of drug-likeness (QED) is 0.548. The Kier molecular flexibility index (Phi) is 7.94. The van der Waals surface area contributed by atoms with Crippen molar-refractivity contribution in [2.45, 2.75) is 71.6 Å². The molecule has 6 nitrogen and oxygen atoms in total. The second-order valence-electron chi connectivity index (χ2n) is 10.2. The fourth-order valence-corrected chi connectivity index (χ4v) is 3.37. The predicted octanol–water partition coefficient (Wildman–Crippen LogP) is 4.81. The minimum absolute atomic E-state index is 0.0879. The van der Waals surface area contributed by atoms with Crippen LogP contribution in [0, 0.1) is 0 Å². The number of aromatic hydroxyl groups is 1. The molecule has 0 aromatic heterocycles. The molecular weight excluding hydrogens is 404 g/mol. The van der Waals surface area contributed by atoms with Gasteiger partial charge in [0.25, 0.3) is 0 Å². The number of hydrogen-bond donors (Lipinski definition) is 3. The fourth-order valence-electron chi connectivity index (χ4n) is 3.37. The van der Waals surface area contributed by atoms with Crippen LogP contribution in [0.15, 0.2) is 36.4 Å². The standard InChI is InChI=1S/C26H36N2O4/c1-25(2,3)20-15-17(16-21(24(20)31)26(4,5)6)7-12-23(30)28-18-8-10-19(11-9-18)32-14-13-22(27)29/h8-11,15-16,31H,7,12-14H2,1-6H3,(H2,27,29)(H,28,30). The first-order valence-electron chi connectivity index (χ1n) is 11.0. The molecule has 0 fully saturated rings. The lowest BCUT2D eigenvalue weighted by Gasteiger charge is -2.28. The van der Waals surface area contributed by atoms with E-state index in [9.17, 15) is 14.7 Å². The van der Waals surface area contributed by atoms with E-state index in [1.54, 1.807) is 24.3 Å². The Labute approximate surface area is 191 Å². The number of carbonyl (C=O) groups is 2. The van der Waals surface area contributed by atoms with Crippen molar-refractivity contribution in [3.8, 4) is 11.5 Å². The van der Waals surface area contributed by atoms with E-state index in [0.29, 0.717) is 30.0 Å². The van der Waals surface area contributed by atoms with Crippen molar-refractivity contribution in [3.63, 3.8) is 0 Å². The summed E-state index contributed by atoms with van der Waals surface area (Å²) >= 11 is 0. The maximum absolute atomic E-state index is 12.5. The zero-order valence-electron chi connectivity index (χ0n) is 20.0. The Morgan fingerprint density at radius 1 is 0.938 bits per heavy atom. The first-order chi connectivity index (χ1) is 14.8. The van der Waals surface area contributed by atoms with Gasteiger partial charge in [0.15, 0.2) is 0 Å². The summed E-state index contributed by atoms with van der Waals surface area (Å²) in [6.45, 7) is 12.7. The van der Waals surface area contributed by atoms with Crippen LogP contribution in [-0.2, 0) is 26.8 Å². The number of ether oxygens (including phenoxy) is 1. The molecule has 174 valence electrons. The minimum atomic E-state index is -0.410. The van der Waals surface area contributed by atoms with E-state index in [4.69, 9.17) is 10.5 Å². The van der Waals surface area contributed by atoms with Crippen molar-refractivity contribution in [3.05, 3.63) is 53.1 Å². The van der Waals surface area contributed by atoms with Gasteiger partial charge in [0.05, 0.1) is 13.0 Å². The van der Waals surface area contributed by atoms with Gasteiger partial charge >= 0.3 is 0 Å². The van der Waals surface area contributed by atoms with E-state index in [1.807, 2.05) is 12.1 Å². The molecule has 6 heteroatoms. The van der Waals surface area contributed by atoms with E-state index < -0.39 is 5.91 Å². The van der Waals surface area contributed by atoms with Crippen molar-refractivity contribution in [2.24, 2.45) is 5.73 Å². The van der Waals surface area contributed by atoms with E-state index in [-0.39, 0.29) is 29.8 Å². The number of phenols is 1. The lowest BCUT2D eigenvalue weighted by atomic mass is 9.78. The molecule has 2 amide bonds. The van der Waals surface area contributed by atoms with Crippen LogP contribution in [0.2, 0.25) is 0 Å². The molecule has 2 aromatic carbocycles. The summed E-state index contributed by atoms with van der Waals surface area (Å²) in [5.41, 5.74) is 8.18. The van der Waals surface area contributed by atoms with Crippen LogP contribution in [0.4, 0.5) is 5.69 Å². The highest BCUT2D eigenvalue weighted by atomic mass is 16.5. The molecule has 0 bridgehead atoms. The molecule has 0 heterocycles. The van der Waals surface area contributed by atoms with Gasteiger partial charge in [-0.1, -0.05) is 53.7 Å². The first kappa shape index (κ1) is 25.2. The highest BCUT2D eigenvalue weighted by Crippen LogP contribution is 2.40. The first-order valence-corrected chi connectivity index (χ1v) is 11.0. The number of amides is 2. The normalized spacial score (nSPS) is 11.8. The minimum Gasteiger partial charge on any atom is -0.507 e. The number of primary amides is 1. The number of rotatable bonds is 8. The number of carbonyl (C=O) groups excluding carboxylic acids is 2. The van der Waals surface area contributed by atoms with E-state index in [1.165, 1.54) is 0 Å². The molecular formula is C26H36N2O4. The molecule has 4 N–H and O–H groups in total. The smallest absolute Gasteiger partial charge is 0.224 e. The average molecular weight is 441 g/mol. The average Bonchev–Trinajstić information content (AvgIpc) is 2.66. The largest absolute Gasteiger partial charge is 0.507 e. The number of benzene rings is 2. The molecule has 32 heavy (non-hydrogen) atoms. The van der Waals surface area contributed by atoms with Gasteiger partial charge in [0.1, 0.15) is 11.5 Å². The monoisotopic (exact) mass is 440 g/mol. The third-order valence-electron chi connectivity index (χ3n) is 5.18. The van der Waals surface area contributed by atoms with Crippen molar-refractivity contribution in [2.75, 3.05) is 11.9 Å². The number of aryl methyl sites for hydroxylation is 1. The van der Waals surface area contributed by atoms with Crippen LogP contribution < -0.4 is 15.8 Å². The molecule has 0 atom stereocenters. The Morgan fingerprint density at radius 3 is 1.94 bits per heavy atom. The SMILES string of the molecule is CC(C)(C)c1cc(CCC(=O)Nc2ccc(OCCC(N)=O)cc2)cc(C(C)(C)C)c1O. The molecule has 0 aliphatic rings. The van der Waals surface area contributed by atoms with E-state index >= 15 is 0 Å². The summed E-state index contributed by atoms with van der Waals surface area (Å²) in [7, 11) is 0. The zero-order chi connectivity index (χ0) is 24.1. The van der Waals surface area contributed by atoms with Crippen LogP contribution in [0.1, 0.15) is 71.1 Å². The van der Waals surface area contributed by atoms with Crippen molar-refractivity contribution in [1.29, 1.82) is 0 Å². The lowest BCUT2D eigenvalue weighted by molar-refractivity contribution is -0.118. The summed E-state index contributed by atoms with van der Waals surface area (Å²) in [6.07, 6.45) is 1.06. The molecule has 0 aliphatic carbocycles. The molecule has 0 unspecified atom stereocenters. The van der Waals surface area contributed by atoms with E-state index in [2.05, 4.69) is 46.9 Å². The van der Waals surface area contributed by atoms with E-state index in [0.717, 1.165) is 16.7 Å². The lowest BCUT2D eigenvalue weighted by Crippen LogP contribution is -2.18. The van der Waals surface area contributed by atoms with Gasteiger partial charge in [-0.25, -0.2) is 0 Å². The maximum atomic E-state index is 12.5. The second-order valence-corrected chi connectivity index (χ2v) is 10.2. The Hall–Kier alpha value is -3.02. The number of phenolic OH excluding ortho intramolecular Hbond substituents is 1. The molecule has 0 radical (unpaired) electrons. The zero-order valence-corrected chi connectivity index (χ0v) is 20.0. The van der Waals surface area contributed by atoms with Crippen LogP contribution in [0.3, 0.4) is 0 Å². The highest BCUT2D eigenvalue weighted by Gasteiger charge is 2.26. The van der Waals surface area contributed by atoms with Gasteiger partial charge in [0.2, 0.25) is 11.8 Å². The van der Waals surface area contributed by atoms with Gasteiger partial charge in [0, 0.05) is 12.1 Å². The number of nitrogens with one attached hydrogen (secondary N) is 1. The predicted molar refractivity (Wildman–Crippen MR) is 128 cm³/mol. The van der Waals surface area contributed by atoms with Crippen LogP contribution in [0.25, 0.3) is 0 Å². The number of nitrogens with two attached hydrogens (primary N) is 1. The van der Waals surface area contributed by atoms with Gasteiger partial charge in [-0.05, 0) is 58.2 Å². The Bertz CT molecular complexity index is 916. The van der Waals surface area contributed by atoms with Gasteiger partial charge in [-0.15, -0.1) is 0 Å². The topological polar surface area (TPSA) is 102 Å². The fraction of sp³-hybridized carbons (Fsp3) is 0.462. The van der Waals surface area contributed by atoms with Gasteiger partial charge in [-0.2, -0.15) is 0 Å². The van der Waals surface area contributed by atoms with Crippen molar-refractivity contribution < 1.29 is 19.4 Å². The van der Waals surface area contributed by atoms with Crippen LogP contribution in [0.5, 0.6) is 11.5 Å². The molecule has 0 saturated heterocycles. The van der Waals surface area contributed by atoms with Crippen LogP contribution in [-0.4, -0.2) is 23.5 Å². The number of hydrogen-bond acceptors (Lipinski definition) is 4. The summed E-state index contributed by atoms with van der Waals surface area (Å²) < 4.78 is 5.43. The third-order valence-corrected chi connectivity index (χ3v) is 5.18. The molecule has 0 saturated carbocycles. The molecule has 0 aliphatic heterocycles. The molecule has 0 spiro atoms. The summed E-state index contributed by atoms with van der Waals surface area (Å²) in [5.74, 6) is 0.455. The molecule has 2 rings (SSSR count). The third kappa shape index (κ3) is 7.29. The Balaban J connectivity index is 2.04. The van der Waals surface area contributed by atoms with Crippen molar-refractivity contribution in [1.82, 2.24) is 0 Å². The maximum Gasteiger partial charge on any atom is 0.224 e. The van der Waals surface area contributed by atoms with Gasteiger partial charge < -0.3 is 20.9 Å². The second kappa shape index (κ2) is 10.1. The molecule has 2 aromatic rings. The summed E-state index contributed by atoms with van der Waals surface area (Å²) in [5, 5.41) is 13.7. The highest BCUT2D eigenvalue weighted by molar-refractivity contribution is 5.90.